The molecule has 1 aromatic carbocycles. The molecule has 0 radical (unpaired) electrons. The van der Waals surface area contributed by atoms with Crippen LogP contribution in [0.5, 0.6) is 5.75 Å². The highest BCUT2D eigenvalue weighted by molar-refractivity contribution is 5.76. The summed E-state index contributed by atoms with van der Waals surface area (Å²) < 4.78 is 22.6. The molecule has 0 bridgehead atoms. The lowest BCUT2D eigenvalue weighted by Gasteiger charge is -2.12. The van der Waals surface area contributed by atoms with Crippen molar-refractivity contribution in [1.29, 1.82) is 0 Å². The monoisotopic (exact) mass is 226 g/mol. The van der Waals surface area contributed by atoms with Gasteiger partial charge in [0, 0.05) is 11.6 Å². The molecule has 4 nitrogen and oxygen atoms in total. The average Bonchev–Trinajstić information content (AvgIpc) is 2.26. The number of esters is 1. The second-order valence-electron chi connectivity index (χ2n) is 3.12. The van der Waals surface area contributed by atoms with E-state index in [0.29, 0.717) is 6.29 Å². The van der Waals surface area contributed by atoms with E-state index >= 15 is 0 Å². The Morgan fingerprint density at radius 1 is 1.44 bits per heavy atom. The quantitative estimate of drug-likeness (QED) is 0.577. The molecule has 0 aliphatic heterocycles. The number of benzene rings is 1. The van der Waals surface area contributed by atoms with Crippen LogP contribution in [0.4, 0.5) is 4.39 Å². The maximum absolute atomic E-state index is 13.0. The van der Waals surface area contributed by atoms with Crippen LogP contribution in [0.25, 0.3) is 0 Å². The van der Waals surface area contributed by atoms with E-state index in [1.165, 1.54) is 20.1 Å². The van der Waals surface area contributed by atoms with Crippen LogP contribution in [-0.4, -0.2) is 25.5 Å². The first-order chi connectivity index (χ1) is 7.56. The van der Waals surface area contributed by atoms with Crippen LogP contribution in [-0.2, 0) is 9.53 Å². The molecule has 86 valence electrons. The molecule has 0 saturated heterocycles. The number of methoxy groups -OCH3 is 1. The highest BCUT2D eigenvalue weighted by Crippen LogP contribution is 2.17. The molecular weight excluding hydrogens is 215 g/mol. The smallest absolute Gasteiger partial charge is 0.346 e. The van der Waals surface area contributed by atoms with Gasteiger partial charge in [-0.3, -0.25) is 4.79 Å². The summed E-state index contributed by atoms with van der Waals surface area (Å²) in [6.45, 7) is 1.47. The molecule has 0 N–H and O–H groups in total. The number of ether oxygens (including phenoxy) is 2. The van der Waals surface area contributed by atoms with Gasteiger partial charge < -0.3 is 9.47 Å². The van der Waals surface area contributed by atoms with Crippen LogP contribution in [0, 0.1) is 5.82 Å². The largest absolute Gasteiger partial charge is 0.479 e. The summed E-state index contributed by atoms with van der Waals surface area (Å²) in [6, 6.07) is 3.50. The molecule has 1 atom stereocenters. The molecule has 0 aliphatic rings. The second kappa shape index (κ2) is 5.25. The fraction of sp³-hybridized carbons (Fsp3) is 0.273. The van der Waals surface area contributed by atoms with Gasteiger partial charge in [0.15, 0.2) is 6.10 Å². The summed E-state index contributed by atoms with van der Waals surface area (Å²) in [5.74, 6) is -1.06. The Kier molecular flexibility index (Phi) is 3.99. The van der Waals surface area contributed by atoms with Crippen molar-refractivity contribution in [3.63, 3.8) is 0 Å². The molecule has 1 aromatic rings. The average molecular weight is 226 g/mol. The first kappa shape index (κ1) is 12.2. The number of carbonyl (C=O) groups excluding carboxylic acids is 2. The summed E-state index contributed by atoms with van der Waals surface area (Å²) >= 11 is 0. The van der Waals surface area contributed by atoms with E-state index in [1.54, 1.807) is 0 Å². The molecule has 0 saturated carbocycles. The SMILES string of the molecule is COC(=O)[C@@H](C)Oc1cc(F)cc(C=O)c1. The molecule has 0 spiro atoms. The van der Waals surface area contributed by atoms with Gasteiger partial charge in [-0.1, -0.05) is 0 Å². The minimum absolute atomic E-state index is 0.111. The molecule has 16 heavy (non-hydrogen) atoms. The van der Waals surface area contributed by atoms with Gasteiger partial charge in [-0.05, 0) is 19.1 Å². The van der Waals surface area contributed by atoms with Gasteiger partial charge in [-0.25, -0.2) is 9.18 Å². The van der Waals surface area contributed by atoms with Crippen molar-refractivity contribution < 1.29 is 23.5 Å². The van der Waals surface area contributed by atoms with Crippen molar-refractivity contribution in [2.45, 2.75) is 13.0 Å². The minimum atomic E-state index is -0.855. The van der Waals surface area contributed by atoms with Crippen LogP contribution in [0.3, 0.4) is 0 Å². The fourth-order valence-corrected chi connectivity index (χ4v) is 1.14. The standard InChI is InChI=1S/C11H11FO4/c1-7(11(14)15-2)16-10-4-8(6-13)3-9(12)5-10/h3-7H,1-2H3/t7-/m1/s1. The van der Waals surface area contributed by atoms with Gasteiger partial charge in [0.2, 0.25) is 0 Å². The Bertz CT molecular complexity index is 403. The van der Waals surface area contributed by atoms with Crippen molar-refractivity contribution in [2.75, 3.05) is 7.11 Å². The van der Waals surface area contributed by atoms with E-state index in [9.17, 15) is 14.0 Å². The van der Waals surface area contributed by atoms with Gasteiger partial charge in [-0.2, -0.15) is 0 Å². The summed E-state index contributed by atoms with van der Waals surface area (Å²) in [7, 11) is 1.23. The van der Waals surface area contributed by atoms with Gasteiger partial charge >= 0.3 is 5.97 Å². The van der Waals surface area contributed by atoms with Crippen LogP contribution >= 0.6 is 0 Å². The first-order valence-corrected chi connectivity index (χ1v) is 4.57. The lowest BCUT2D eigenvalue weighted by Crippen LogP contribution is -2.24. The zero-order valence-corrected chi connectivity index (χ0v) is 8.90. The summed E-state index contributed by atoms with van der Waals surface area (Å²) in [4.78, 5) is 21.5. The maximum atomic E-state index is 13.0. The number of hydrogen-bond donors (Lipinski definition) is 0. The number of aldehydes is 1. The van der Waals surface area contributed by atoms with E-state index in [2.05, 4.69) is 4.74 Å². The van der Waals surface area contributed by atoms with E-state index in [1.807, 2.05) is 0 Å². The molecular formula is C11H11FO4. The predicted molar refractivity (Wildman–Crippen MR) is 53.9 cm³/mol. The Labute approximate surface area is 92.0 Å². The summed E-state index contributed by atoms with van der Waals surface area (Å²) in [5.41, 5.74) is 0.145. The van der Waals surface area contributed by atoms with Crippen molar-refractivity contribution in [1.82, 2.24) is 0 Å². The lowest BCUT2D eigenvalue weighted by atomic mass is 10.2. The topological polar surface area (TPSA) is 52.6 Å². The van der Waals surface area contributed by atoms with Gasteiger partial charge in [-0.15, -0.1) is 0 Å². The third-order valence-corrected chi connectivity index (χ3v) is 1.88. The Balaban J connectivity index is 2.84. The highest BCUT2D eigenvalue weighted by Gasteiger charge is 2.15. The van der Waals surface area contributed by atoms with Crippen LogP contribution in [0.15, 0.2) is 18.2 Å². The summed E-state index contributed by atoms with van der Waals surface area (Å²) in [6.07, 6.45) is -0.357. The number of carbonyl (C=O) groups is 2. The van der Waals surface area contributed by atoms with Crippen LogP contribution < -0.4 is 4.74 Å². The zero-order valence-electron chi connectivity index (χ0n) is 8.90. The first-order valence-electron chi connectivity index (χ1n) is 4.57. The lowest BCUT2D eigenvalue weighted by molar-refractivity contribution is -0.147. The van der Waals surface area contributed by atoms with E-state index in [0.717, 1.165) is 12.1 Å². The minimum Gasteiger partial charge on any atom is -0.479 e. The number of hydrogen-bond acceptors (Lipinski definition) is 4. The third-order valence-electron chi connectivity index (χ3n) is 1.88. The van der Waals surface area contributed by atoms with Crippen molar-refractivity contribution in [3.05, 3.63) is 29.6 Å². The number of rotatable bonds is 4. The Morgan fingerprint density at radius 2 is 2.12 bits per heavy atom. The van der Waals surface area contributed by atoms with E-state index in [4.69, 9.17) is 4.74 Å². The number of halogens is 1. The molecule has 5 heteroatoms. The fourth-order valence-electron chi connectivity index (χ4n) is 1.14. The maximum Gasteiger partial charge on any atom is 0.346 e. The molecule has 0 fully saturated rings. The highest BCUT2D eigenvalue weighted by atomic mass is 19.1. The van der Waals surface area contributed by atoms with Gasteiger partial charge in [0.1, 0.15) is 17.9 Å². The third kappa shape index (κ3) is 3.05. The Hall–Kier alpha value is -1.91. The van der Waals surface area contributed by atoms with E-state index in [-0.39, 0.29) is 11.3 Å². The van der Waals surface area contributed by atoms with Crippen molar-refractivity contribution in [3.8, 4) is 5.75 Å². The van der Waals surface area contributed by atoms with Crippen molar-refractivity contribution in [2.24, 2.45) is 0 Å². The van der Waals surface area contributed by atoms with Crippen molar-refractivity contribution >= 4 is 12.3 Å². The summed E-state index contributed by atoms with van der Waals surface area (Å²) in [5, 5.41) is 0. The molecule has 0 unspecified atom stereocenters. The molecule has 0 aliphatic carbocycles. The van der Waals surface area contributed by atoms with Gasteiger partial charge in [0.25, 0.3) is 0 Å². The normalized spacial score (nSPS) is 11.7. The molecule has 1 rings (SSSR count). The van der Waals surface area contributed by atoms with Crippen LogP contribution in [0.2, 0.25) is 0 Å². The zero-order chi connectivity index (χ0) is 12.1. The Morgan fingerprint density at radius 3 is 2.69 bits per heavy atom. The van der Waals surface area contributed by atoms with Gasteiger partial charge in [0.05, 0.1) is 7.11 Å². The predicted octanol–water partition coefficient (Wildman–Crippen LogP) is 1.58. The molecule has 0 heterocycles. The van der Waals surface area contributed by atoms with Crippen LogP contribution in [0.1, 0.15) is 17.3 Å². The van der Waals surface area contributed by atoms with E-state index < -0.39 is 17.9 Å². The molecule has 0 aromatic heterocycles. The molecule has 0 amide bonds. The second-order valence-corrected chi connectivity index (χ2v) is 3.12.